The predicted molar refractivity (Wildman–Crippen MR) is 77.6 cm³/mol. The number of hydrogen-bond donors (Lipinski definition) is 2. The molecule has 0 saturated heterocycles. The summed E-state index contributed by atoms with van der Waals surface area (Å²) in [4.78, 5) is 10.9. The smallest absolute Gasteiger partial charge is 0.137 e. The van der Waals surface area contributed by atoms with Gasteiger partial charge in [-0.05, 0) is 32.1 Å². The summed E-state index contributed by atoms with van der Waals surface area (Å²) in [7, 11) is 2.07. The first kappa shape index (κ1) is 14.1. The highest BCUT2D eigenvalue weighted by atomic mass is 16.3. The second kappa shape index (κ2) is 6.19. The first-order chi connectivity index (χ1) is 9.15. The molecule has 106 valence electrons. The van der Waals surface area contributed by atoms with Gasteiger partial charge in [0, 0.05) is 25.7 Å². The minimum atomic E-state index is -0.0910. The minimum absolute atomic E-state index is 0.0910. The lowest BCUT2D eigenvalue weighted by Crippen LogP contribution is -2.37. The molecule has 1 heterocycles. The molecule has 0 amide bonds. The maximum absolute atomic E-state index is 9.36. The molecule has 2 N–H and O–H groups in total. The molecule has 1 aliphatic carbocycles. The van der Waals surface area contributed by atoms with Crippen molar-refractivity contribution in [3.05, 3.63) is 11.9 Å². The van der Waals surface area contributed by atoms with E-state index >= 15 is 0 Å². The van der Waals surface area contributed by atoms with Gasteiger partial charge in [-0.1, -0.05) is 6.92 Å². The average molecular weight is 264 g/mol. The van der Waals surface area contributed by atoms with E-state index in [4.69, 9.17) is 0 Å². The Morgan fingerprint density at radius 1 is 1.37 bits per heavy atom. The molecule has 1 aliphatic rings. The fraction of sp³-hybridized carbons (Fsp3) is 0.714. The fourth-order valence-electron chi connectivity index (χ4n) is 2.70. The molecule has 0 bridgehead atoms. The fourth-order valence-corrected chi connectivity index (χ4v) is 2.70. The molecule has 0 aromatic carbocycles. The van der Waals surface area contributed by atoms with Crippen molar-refractivity contribution in [3.63, 3.8) is 0 Å². The van der Waals surface area contributed by atoms with Crippen molar-refractivity contribution in [1.82, 2.24) is 9.97 Å². The zero-order valence-corrected chi connectivity index (χ0v) is 12.1. The normalized spacial score (nSPS) is 21.9. The topological polar surface area (TPSA) is 61.3 Å². The van der Waals surface area contributed by atoms with E-state index in [0.29, 0.717) is 5.92 Å². The maximum Gasteiger partial charge on any atom is 0.137 e. The standard InChI is InChI=1S/C14H24N4O/c1-4-12-13(15-5-2)16-9-17-14(12)18(3)8-10-6-11(19)7-10/h9-11,19H,4-8H2,1-3H3,(H,15,16,17). The van der Waals surface area contributed by atoms with E-state index in [1.54, 1.807) is 6.33 Å². The third-order valence-electron chi connectivity index (χ3n) is 3.72. The van der Waals surface area contributed by atoms with Crippen LogP contribution in [-0.2, 0) is 6.42 Å². The maximum atomic E-state index is 9.36. The van der Waals surface area contributed by atoms with Crippen molar-refractivity contribution in [2.24, 2.45) is 5.92 Å². The molecule has 0 atom stereocenters. The number of nitrogens with zero attached hydrogens (tertiary/aromatic N) is 3. The molecule has 5 nitrogen and oxygen atoms in total. The largest absolute Gasteiger partial charge is 0.393 e. The van der Waals surface area contributed by atoms with E-state index in [1.165, 1.54) is 5.56 Å². The molecule has 2 rings (SSSR count). The summed E-state index contributed by atoms with van der Waals surface area (Å²) >= 11 is 0. The summed E-state index contributed by atoms with van der Waals surface area (Å²) < 4.78 is 0. The van der Waals surface area contributed by atoms with Gasteiger partial charge < -0.3 is 15.3 Å². The van der Waals surface area contributed by atoms with Crippen LogP contribution in [0.3, 0.4) is 0 Å². The first-order valence-electron chi connectivity index (χ1n) is 7.12. The molecule has 1 aromatic heterocycles. The lowest BCUT2D eigenvalue weighted by molar-refractivity contribution is 0.0464. The third-order valence-corrected chi connectivity index (χ3v) is 3.72. The molecular formula is C14H24N4O. The van der Waals surface area contributed by atoms with E-state index in [1.807, 2.05) is 0 Å². The van der Waals surface area contributed by atoms with Crippen LogP contribution >= 0.6 is 0 Å². The number of aromatic nitrogens is 2. The van der Waals surface area contributed by atoms with Gasteiger partial charge in [-0.25, -0.2) is 9.97 Å². The van der Waals surface area contributed by atoms with Crippen LogP contribution in [0.2, 0.25) is 0 Å². The van der Waals surface area contributed by atoms with Crippen molar-refractivity contribution in [1.29, 1.82) is 0 Å². The van der Waals surface area contributed by atoms with Crippen LogP contribution in [0.5, 0.6) is 0 Å². The minimum Gasteiger partial charge on any atom is -0.393 e. The van der Waals surface area contributed by atoms with E-state index in [-0.39, 0.29) is 6.10 Å². The van der Waals surface area contributed by atoms with Crippen molar-refractivity contribution in [3.8, 4) is 0 Å². The van der Waals surface area contributed by atoms with Gasteiger partial charge in [0.2, 0.25) is 0 Å². The Bertz CT molecular complexity index is 418. The van der Waals surface area contributed by atoms with Gasteiger partial charge in [-0.3, -0.25) is 0 Å². The zero-order chi connectivity index (χ0) is 13.8. The second-order valence-electron chi connectivity index (χ2n) is 5.28. The van der Waals surface area contributed by atoms with Crippen LogP contribution in [0.25, 0.3) is 0 Å². The van der Waals surface area contributed by atoms with Crippen molar-refractivity contribution < 1.29 is 5.11 Å². The Balaban J connectivity index is 2.11. The van der Waals surface area contributed by atoms with Gasteiger partial charge in [-0.15, -0.1) is 0 Å². The molecule has 0 spiro atoms. The molecule has 1 fully saturated rings. The number of rotatable bonds is 6. The van der Waals surface area contributed by atoms with E-state index in [2.05, 4.69) is 41.1 Å². The third kappa shape index (κ3) is 3.15. The molecule has 19 heavy (non-hydrogen) atoms. The zero-order valence-electron chi connectivity index (χ0n) is 12.1. The number of anilines is 2. The van der Waals surface area contributed by atoms with Crippen LogP contribution in [-0.4, -0.2) is 41.3 Å². The van der Waals surface area contributed by atoms with Crippen LogP contribution in [0.15, 0.2) is 6.33 Å². The number of hydrogen-bond acceptors (Lipinski definition) is 5. The highest BCUT2D eigenvalue weighted by molar-refractivity contribution is 5.58. The van der Waals surface area contributed by atoms with Gasteiger partial charge in [0.05, 0.1) is 6.10 Å². The summed E-state index contributed by atoms with van der Waals surface area (Å²) in [6.45, 7) is 6.01. The Labute approximate surface area is 115 Å². The molecule has 1 aromatic rings. The quantitative estimate of drug-likeness (QED) is 0.818. The van der Waals surface area contributed by atoms with Crippen LogP contribution < -0.4 is 10.2 Å². The monoisotopic (exact) mass is 264 g/mol. The van der Waals surface area contributed by atoms with Crippen molar-refractivity contribution in [2.75, 3.05) is 30.4 Å². The molecule has 5 heteroatoms. The summed E-state index contributed by atoms with van der Waals surface area (Å²) in [6.07, 6.45) is 4.27. The van der Waals surface area contributed by atoms with Crippen LogP contribution in [0.4, 0.5) is 11.6 Å². The second-order valence-corrected chi connectivity index (χ2v) is 5.28. The summed E-state index contributed by atoms with van der Waals surface area (Å²) in [6, 6.07) is 0. The Morgan fingerprint density at radius 3 is 2.68 bits per heavy atom. The highest BCUT2D eigenvalue weighted by Gasteiger charge is 2.28. The van der Waals surface area contributed by atoms with Crippen LogP contribution in [0.1, 0.15) is 32.3 Å². The molecule has 0 unspecified atom stereocenters. The Morgan fingerprint density at radius 2 is 2.11 bits per heavy atom. The highest BCUT2D eigenvalue weighted by Crippen LogP contribution is 2.30. The van der Waals surface area contributed by atoms with Crippen molar-refractivity contribution in [2.45, 2.75) is 39.2 Å². The van der Waals surface area contributed by atoms with Gasteiger partial charge >= 0.3 is 0 Å². The molecule has 0 aliphatic heterocycles. The average Bonchev–Trinajstić information content (AvgIpc) is 2.37. The SMILES string of the molecule is CCNc1ncnc(N(C)CC2CC(O)C2)c1CC. The van der Waals surface area contributed by atoms with E-state index in [0.717, 1.165) is 44.0 Å². The number of aliphatic hydroxyl groups is 1. The van der Waals surface area contributed by atoms with E-state index < -0.39 is 0 Å². The van der Waals surface area contributed by atoms with Gasteiger partial charge in [0.25, 0.3) is 0 Å². The summed E-state index contributed by atoms with van der Waals surface area (Å²) in [5, 5.41) is 12.7. The summed E-state index contributed by atoms with van der Waals surface area (Å²) in [5.41, 5.74) is 1.17. The number of nitrogens with one attached hydrogen (secondary N) is 1. The Kier molecular flexibility index (Phi) is 4.58. The molecular weight excluding hydrogens is 240 g/mol. The van der Waals surface area contributed by atoms with Gasteiger partial charge in [0.15, 0.2) is 0 Å². The van der Waals surface area contributed by atoms with Crippen molar-refractivity contribution >= 4 is 11.6 Å². The van der Waals surface area contributed by atoms with Crippen LogP contribution in [0, 0.1) is 5.92 Å². The number of aliphatic hydroxyl groups excluding tert-OH is 1. The lowest BCUT2D eigenvalue weighted by Gasteiger charge is -2.35. The van der Waals surface area contributed by atoms with Gasteiger partial charge in [0.1, 0.15) is 18.0 Å². The predicted octanol–water partition coefficient (Wildman–Crippen LogP) is 1.68. The first-order valence-corrected chi connectivity index (χ1v) is 7.12. The molecule has 0 radical (unpaired) electrons. The lowest BCUT2D eigenvalue weighted by atomic mass is 9.82. The molecule has 1 saturated carbocycles. The van der Waals surface area contributed by atoms with Gasteiger partial charge in [-0.2, -0.15) is 0 Å². The van der Waals surface area contributed by atoms with E-state index in [9.17, 15) is 5.11 Å². The summed E-state index contributed by atoms with van der Waals surface area (Å²) in [5.74, 6) is 2.53. The Hall–Kier alpha value is -1.36.